The second kappa shape index (κ2) is 4.23. The molecule has 2 aromatic rings. The zero-order chi connectivity index (χ0) is 11.7. The second-order valence-corrected chi connectivity index (χ2v) is 3.93. The van der Waals surface area contributed by atoms with Crippen LogP contribution in [0, 0.1) is 18.6 Å². The first-order valence-electron chi connectivity index (χ1n) is 4.50. The zero-order valence-corrected chi connectivity index (χ0v) is 9.13. The minimum Gasteiger partial charge on any atom is -0.382 e. The third-order valence-electron chi connectivity index (χ3n) is 2.25. The van der Waals surface area contributed by atoms with Crippen molar-refractivity contribution in [2.75, 3.05) is 0 Å². The van der Waals surface area contributed by atoms with E-state index >= 15 is 0 Å². The number of aliphatic hydroxyl groups excluding tert-OH is 1. The molecule has 0 bridgehead atoms. The Labute approximate surface area is 94.5 Å². The number of aromatic nitrogens is 2. The molecule has 0 amide bonds. The summed E-state index contributed by atoms with van der Waals surface area (Å²) in [6.07, 6.45) is -1.42. The van der Waals surface area contributed by atoms with Crippen molar-refractivity contribution in [2.24, 2.45) is 0 Å². The van der Waals surface area contributed by atoms with E-state index in [9.17, 15) is 13.9 Å². The van der Waals surface area contributed by atoms with Gasteiger partial charge in [0, 0.05) is 5.38 Å². The summed E-state index contributed by atoms with van der Waals surface area (Å²) in [6, 6.07) is 2.44. The molecule has 3 nitrogen and oxygen atoms in total. The lowest BCUT2D eigenvalue weighted by atomic mass is 10.0. The van der Waals surface area contributed by atoms with Gasteiger partial charge in [0.1, 0.15) is 23.4 Å². The lowest BCUT2D eigenvalue weighted by Gasteiger charge is -2.11. The van der Waals surface area contributed by atoms with Gasteiger partial charge in [-0.2, -0.15) is 0 Å². The lowest BCUT2D eigenvalue weighted by molar-refractivity contribution is 0.204. The Hall–Kier alpha value is -1.40. The van der Waals surface area contributed by atoms with Crippen molar-refractivity contribution in [3.63, 3.8) is 0 Å². The van der Waals surface area contributed by atoms with Gasteiger partial charge >= 0.3 is 0 Å². The molecular formula is C10H8F2N2OS. The van der Waals surface area contributed by atoms with E-state index in [0.717, 1.165) is 17.6 Å². The Morgan fingerprint density at radius 2 is 2.12 bits per heavy atom. The average Bonchev–Trinajstić information content (AvgIpc) is 2.77. The van der Waals surface area contributed by atoms with Crippen molar-refractivity contribution in [3.8, 4) is 0 Å². The summed E-state index contributed by atoms with van der Waals surface area (Å²) in [4.78, 5) is 0. The van der Waals surface area contributed by atoms with Crippen LogP contribution in [0.15, 0.2) is 17.5 Å². The minimum absolute atomic E-state index is 0.147. The van der Waals surface area contributed by atoms with E-state index in [0.29, 0.717) is 0 Å². The van der Waals surface area contributed by atoms with E-state index in [4.69, 9.17) is 0 Å². The van der Waals surface area contributed by atoms with Gasteiger partial charge in [-0.05, 0) is 30.1 Å². The molecule has 1 unspecified atom stereocenters. The van der Waals surface area contributed by atoms with E-state index in [1.54, 1.807) is 0 Å². The molecule has 0 aliphatic rings. The molecule has 2 rings (SSSR count). The summed E-state index contributed by atoms with van der Waals surface area (Å²) in [5.41, 5.74) is 0.0414. The lowest BCUT2D eigenvalue weighted by Crippen LogP contribution is -2.07. The van der Waals surface area contributed by atoms with Crippen LogP contribution in [-0.2, 0) is 0 Å². The zero-order valence-electron chi connectivity index (χ0n) is 8.32. The Morgan fingerprint density at radius 1 is 1.38 bits per heavy atom. The second-order valence-electron chi connectivity index (χ2n) is 3.32. The molecule has 0 fully saturated rings. The standard InChI is InChI=1S/C10H8F2N2OS/c1-5-2-3-6(11)8(9(5)12)10(15)7-4-16-14-13-7/h2-4,10,15H,1H3. The normalized spacial score (nSPS) is 12.8. The smallest absolute Gasteiger partial charge is 0.135 e. The maximum atomic E-state index is 13.7. The molecular weight excluding hydrogens is 234 g/mol. The van der Waals surface area contributed by atoms with Crippen molar-refractivity contribution >= 4 is 11.5 Å². The fourth-order valence-corrected chi connectivity index (χ4v) is 1.84. The molecule has 0 saturated carbocycles. The Balaban J connectivity index is 2.52. The van der Waals surface area contributed by atoms with Crippen LogP contribution in [0.25, 0.3) is 0 Å². The summed E-state index contributed by atoms with van der Waals surface area (Å²) in [5, 5.41) is 14.8. The van der Waals surface area contributed by atoms with Gasteiger partial charge in [0.2, 0.25) is 0 Å². The quantitative estimate of drug-likeness (QED) is 0.878. The van der Waals surface area contributed by atoms with E-state index in [-0.39, 0.29) is 16.8 Å². The fourth-order valence-electron chi connectivity index (χ4n) is 1.37. The molecule has 0 saturated heterocycles. The molecule has 1 aromatic heterocycles. The Kier molecular flexibility index (Phi) is 2.93. The van der Waals surface area contributed by atoms with Gasteiger partial charge in [0.25, 0.3) is 0 Å². The van der Waals surface area contributed by atoms with Crippen molar-refractivity contribution in [1.82, 2.24) is 9.59 Å². The van der Waals surface area contributed by atoms with Gasteiger partial charge in [-0.1, -0.05) is 10.6 Å². The van der Waals surface area contributed by atoms with Crippen molar-refractivity contribution < 1.29 is 13.9 Å². The molecule has 84 valence electrons. The number of rotatable bonds is 2. The van der Waals surface area contributed by atoms with Gasteiger partial charge < -0.3 is 5.11 Å². The summed E-state index contributed by atoms with van der Waals surface area (Å²) < 4.78 is 30.6. The highest BCUT2D eigenvalue weighted by atomic mass is 32.1. The number of halogens is 2. The maximum Gasteiger partial charge on any atom is 0.135 e. The van der Waals surface area contributed by atoms with Crippen LogP contribution in [0.2, 0.25) is 0 Å². The van der Waals surface area contributed by atoms with Crippen LogP contribution >= 0.6 is 11.5 Å². The van der Waals surface area contributed by atoms with Crippen LogP contribution in [0.1, 0.15) is 22.9 Å². The molecule has 0 radical (unpaired) electrons. The van der Waals surface area contributed by atoms with Crippen LogP contribution in [0.5, 0.6) is 0 Å². The Morgan fingerprint density at radius 3 is 2.75 bits per heavy atom. The van der Waals surface area contributed by atoms with Crippen LogP contribution < -0.4 is 0 Å². The van der Waals surface area contributed by atoms with Crippen LogP contribution in [-0.4, -0.2) is 14.7 Å². The van der Waals surface area contributed by atoms with E-state index in [1.165, 1.54) is 18.4 Å². The first-order valence-corrected chi connectivity index (χ1v) is 5.34. The van der Waals surface area contributed by atoms with Gasteiger partial charge in [0.05, 0.1) is 5.56 Å². The van der Waals surface area contributed by atoms with Crippen LogP contribution in [0.3, 0.4) is 0 Å². The fraction of sp³-hybridized carbons (Fsp3) is 0.200. The predicted octanol–water partition coefficient (Wildman–Crippen LogP) is 2.21. The number of hydrogen-bond acceptors (Lipinski definition) is 4. The van der Waals surface area contributed by atoms with Gasteiger partial charge in [-0.3, -0.25) is 0 Å². The first-order chi connectivity index (χ1) is 7.61. The summed E-state index contributed by atoms with van der Waals surface area (Å²) >= 11 is 1.01. The molecule has 1 atom stereocenters. The topological polar surface area (TPSA) is 46.0 Å². The molecule has 0 aliphatic heterocycles. The number of benzene rings is 1. The van der Waals surface area contributed by atoms with Crippen molar-refractivity contribution in [1.29, 1.82) is 0 Å². The molecule has 1 aromatic carbocycles. The Bertz CT molecular complexity index is 502. The average molecular weight is 242 g/mol. The van der Waals surface area contributed by atoms with Crippen LogP contribution in [0.4, 0.5) is 8.78 Å². The maximum absolute atomic E-state index is 13.7. The number of aryl methyl sites for hydroxylation is 1. The first kappa shape index (κ1) is 11.1. The van der Waals surface area contributed by atoms with Gasteiger partial charge in [-0.25, -0.2) is 8.78 Å². The summed E-state index contributed by atoms with van der Waals surface area (Å²) in [6.45, 7) is 1.50. The molecule has 1 heterocycles. The molecule has 0 spiro atoms. The van der Waals surface area contributed by atoms with Crippen molar-refractivity contribution in [2.45, 2.75) is 13.0 Å². The summed E-state index contributed by atoms with van der Waals surface area (Å²) in [7, 11) is 0. The molecule has 0 aliphatic carbocycles. The molecule has 16 heavy (non-hydrogen) atoms. The van der Waals surface area contributed by atoms with E-state index in [2.05, 4.69) is 9.59 Å². The largest absolute Gasteiger partial charge is 0.382 e. The molecule has 1 N–H and O–H groups in total. The number of aliphatic hydroxyl groups is 1. The highest BCUT2D eigenvalue weighted by Gasteiger charge is 2.22. The van der Waals surface area contributed by atoms with Crippen molar-refractivity contribution in [3.05, 3.63) is 46.0 Å². The molecule has 6 heteroatoms. The van der Waals surface area contributed by atoms with E-state index in [1.807, 2.05) is 0 Å². The minimum atomic E-state index is -1.42. The highest BCUT2D eigenvalue weighted by molar-refractivity contribution is 7.03. The van der Waals surface area contributed by atoms with Gasteiger partial charge in [-0.15, -0.1) is 5.10 Å². The SMILES string of the molecule is Cc1ccc(F)c(C(O)c2csnn2)c1F. The summed E-state index contributed by atoms with van der Waals surface area (Å²) in [5.74, 6) is -1.54. The third kappa shape index (κ3) is 1.81. The highest BCUT2D eigenvalue weighted by Crippen LogP contribution is 2.27. The third-order valence-corrected chi connectivity index (χ3v) is 2.77. The van der Waals surface area contributed by atoms with Gasteiger partial charge in [0.15, 0.2) is 0 Å². The number of nitrogens with zero attached hydrogens (tertiary/aromatic N) is 2. The predicted molar refractivity (Wildman–Crippen MR) is 55.1 cm³/mol. The van der Waals surface area contributed by atoms with E-state index < -0.39 is 17.7 Å². The number of hydrogen-bond donors (Lipinski definition) is 1. The monoisotopic (exact) mass is 242 g/mol.